The van der Waals surface area contributed by atoms with Crippen LogP contribution in [0.25, 0.3) is 0 Å². The van der Waals surface area contributed by atoms with E-state index in [0.29, 0.717) is 18.0 Å². The SMILES string of the molecule is COc1cccc(NC(=O)CN2CCCC(C(=O)NC(C)(C)C)C2)c1. The summed E-state index contributed by atoms with van der Waals surface area (Å²) in [7, 11) is 1.59. The Kier molecular flexibility index (Phi) is 6.42. The van der Waals surface area contributed by atoms with E-state index in [4.69, 9.17) is 4.74 Å². The van der Waals surface area contributed by atoms with Crippen LogP contribution in [0.15, 0.2) is 24.3 Å². The number of carbonyl (C=O) groups is 2. The van der Waals surface area contributed by atoms with Gasteiger partial charge in [-0.3, -0.25) is 14.5 Å². The lowest BCUT2D eigenvalue weighted by atomic mass is 9.95. The Hall–Kier alpha value is -2.08. The van der Waals surface area contributed by atoms with Crippen LogP contribution >= 0.6 is 0 Å². The van der Waals surface area contributed by atoms with Gasteiger partial charge in [0.15, 0.2) is 0 Å². The van der Waals surface area contributed by atoms with Gasteiger partial charge in [0.05, 0.1) is 19.6 Å². The Morgan fingerprint density at radius 3 is 2.76 bits per heavy atom. The van der Waals surface area contributed by atoms with Crippen molar-refractivity contribution in [3.05, 3.63) is 24.3 Å². The largest absolute Gasteiger partial charge is 0.497 e. The maximum atomic E-state index is 12.4. The van der Waals surface area contributed by atoms with Crippen molar-refractivity contribution in [2.45, 2.75) is 39.2 Å². The molecule has 1 aliphatic heterocycles. The fourth-order valence-corrected chi connectivity index (χ4v) is 2.99. The Morgan fingerprint density at radius 1 is 1.32 bits per heavy atom. The first kappa shape index (κ1) is 19.2. The van der Waals surface area contributed by atoms with Crippen molar-refractivity contribution in [2.75, 3.05) is 32.1 Å². The number of ether oxygens (including phenoxy) is 1. The molecule has 1 atom stereocenters. The van der Waals surface area contributed by atoms with Gasteiger partial charge in [0.1, 0.15) is 5.75 Å². The predicted octanol–water partition coefficient (Wildman–Crippen LogP) is 2.26. The van der Waals surface area contributed by atoms with Crippen molar-refractivity contribution in [2.24, 2.45) is 5.92 Å². The average Bonchev–Trinajstić information content (AvgIpc) is 2.53. The van der Waals surface area contributed by atoms with Crippen molar-refractivity contribution in [1.29, 1.82) is 0 Å². The van der Waals surface area contributed by atoms with Crippen molar-refractivity contribution in [1.82, 2.24) is 10.2 Å². The number of hydrogen-bond acceptors (Lipinski definition) is 4. The van der Waals surface area contributed by atoms with E-state index in [9.17, 15) is 9.59 Å². The summed E-state index contributed by atoms with van der Waals surface area (Å²) in [6, 6.07) is 7.28. The first-order chi connectivity index (χ1) is 11.8. The molecule has 2 rings (SSSR count). The third kappa shape index (κ3) is 6.38. The van der Waals surface area contributed by atoms with Crippen molar-refractivity contribution in [3.63, 3.8) is 0 Å². The van der Waals surface area contributed by atoms with Gasteiger partial charge >= 0.3 is 0 Å². The highest BCUT2D eigenvalue weighted by atomic mass is 16.5. The molecule has 1 aromatic carbocycles. The lowest BCUT2D eigenvalue weighted by Crippen LogP contribution is -2.49. The third-order valence-electron chi connectivity index (χ3n) is 4.10. The number of benzene rings is 1. The Bertz CT molecular complexity index is 610. The molecule has 0 radical (unpaired) electrons. The molecule has 2 N–H and O–H groups in total. The first-order valence-electron chi connectivity index (χ1n) is 8.75. The quantitative estimate of drug-likeness (QED) is 0.857. The molecule has 0 bridgehead atoms. The molecule has 6 nitrogen and oxygen atoms in total. The zero-order chi connectivity index (χ0) is 18.4. The minimum absolute atomic E-state index is 0.0578. The summed E-state index contributed by atoms with van der Waals surface area (Å²) in [6.07, 6.45) is 1.80. The van der Waals surface area contributed by atoms with E-state index in [0.717, 1.165) is 19.4 Å². The number of rotatable bonds is 5. The van der Waals surface area contributed by atoms with Crippen molar-refractivity contribution < 1.29 is 14.3 Å². The summed E-state index contributed by atoms with van der Waals surface area (Å²) in [5, 5.41) is 5.92. The van der Waals surface area contributed by atoms with Gasteiger partial charge in [0.25, 0.3) is 0 Å². The fourth-order valence-electron chi connectivity index (χ4n) is 2.99. The summed E-state index contributed by atoms with van der Waals surface area (Å²) in [5.41, 5.74) is 0.478. The number of piperidine rings is 1. The van der Waals surface area contributed by atoms with Gasteiger partial charge in [-0.1, -0.05) is 6.07 Å². The second-order valence-electron chi connectivity index (χ2n) is 7.59. The van der Waals surface area contributed by atoms with Crippen LogP contribution in [0.3, 0.4) is 0 Å². The number of methoxy groups -OCH3 is 1. The third-order valence-corrected chi connectivity index (χ3v) is 4.10. The van der Waals surface area contributed by atoms with Crippen LogP contribution < -0.4 is 15.4 Å². The number of nitrogens with one attached hydrogen (secondary N) is 2. The molecule has 6 heteroatoms. The van der Waals surface area contributed by atoms with E-state index < -0.39 is 0 Å². The minimum atomic E-state index is -0.233. The highest BCUT2D eigenvalue weighted by molar-refractivity contribution is 5.92. The van der Waals surface area contributed by atoms with Gasteiger partial charge in [-0.05, 0) is 52.3 Å². The van der Waals surface area contributed by atoms with Gasteiger partial charge in [0, 0.05) is 23.8 Å². The molecule has 1 unspecified atom stereocenters. The van der Waals surface area contributed by atoms with Gasteiger partial charge in [0.2, 0.25) is 11.8 Å². The lowest BCUT2D eigenvalue weighted by molar-refractivity contribution is -0.129. The van der Waals surface area contributed by atoms with Gasteiger partial charge in [-0.25, -0.2) is 0 Å². The molecule has 2 amide bonds. The van der Waals surface area contributed by atoms with E-state index in [1.807, 2.05) is 43.9 Å². The average molecular weight is 347 g/mol. The van der Waals surface area contributed by atoms with Crippen LogP contribution in [0, 0.1) is 5.92 Å². The maximum Gasteiger partial charge on any atom is 0.238 e. The highest BCUT2D eigenvalue weighted by Gasteiger charge is 2.28. The molecule has 138 valence electrons. The van der Waals surface area contributed by atoms with E-state index >= 15 is 0 Å². The van der Waals surface area contributed by atoms with Gasteiger partial charge in [-0.2, -0.15) is 0 Å². The van der Waals surface area contributed by atoms with Crippen LogP contribution in [0.4, 0.5) is 5.69 Å². The molecule has 1 aromatic rings. The van der Waals surface area contributed by atoms with Crippen molar-refractivity contribution >= 4 is 17.5 Å². The zero-order valence-corrected chi connectivity index (χ0v) is 15.6. The second kappa shape index (κ2) is 8.34. The lowest BCUT2D eigenvalue weighted by Gasteiger charge is -2.33. The number of anilines is 1. The molecule has 1 saturated heterocycles. The molecule has 25 heavy (non-hydrogen) atoms. The molecule has 0 saturated carbocycles. The molecule has 1 heterocycles. The monoisotopic (exact) mass is 347 g/mol. The number of hydrogen-bond donors (Lipinski definition) is 2. The smallest absolute Gasteiger partial charge is 0.238 e. The molecule has 0 aliphatic carbocycles. The summed E-state index contributed by atoms with van der Waals surface area (Å²) >= 11 is 0. The number of nitrogens with zero attached hydrogens (tertiary/aromatic N) is 1. The van der Waals surface area contributed by atoms with E-state index in [2.05, 4.69) is 10.6 Å². The Labute approximate surface area is 149 Å². The van der Waals surface area contributed by atoms with Crippen LogP contribution in [-0.4, -0.2) is 49.0 Å². The molecule has 0 aromatic heterocycles. The topological polar surface area (TPSA) is 70.7 Å². The van der Waals surface area contributed by atoms with Crippen LogP contribution in [0.2, 0.25) is 0 Å². The summed E-state index contributed by atoms with van der Waals surface area (Å²) in [4.78, 5) is 26.7. The molecule has 0 spiro atoms. The maximum absolute atomic E-state index is 12.4. The number of carbonyl (C=O) groups excluding carboxylic acids is 2. The highest BCUT2D eigenvalue weighted by Crippen LogP contribution is 2.19. The van der Waals surface area contributed by atoms with Crippen LogP contribution in [0.5, 0.6) is 5.75 Å². The second-order valence-corrected chi connectivity index (χ2v) is 7.59. The summed E-state index contributed by atoms with van der Waals surface area (Å²) < 4.78 is 5.16. The Balaban J connectivity index is 1.86. The molecular formula is C19H29N3O3. The van der Waals surface area contributed by atoms with Crippen molar-refractivity contribution in [3.8, 4) is 5.75 Å². The van der Waals surface area contributed by atoms with E-state index in [1.54, 1.807) is 13.2 Å². The molecular weight excluding hydrogens is 318 g/mol. The summed E-state index contributed by atoms with van der Waals surface area (Å²) in [6.45, 7) is 7.68. The Morgan fingerprint density at radius 2 is 2.08 bits per heavy atom. The fraction of sp³-hybridized carbons (Fsp3) is 0.579. The van der Waals surface area contributed by atoms with E-state index in [-0.39, 0.29) is 29.8 Å². The molecule has 1 aliphatic rings. The number of amides is 2. The molecule has 1 fully saturated rings. The van der Waals surface area contributed by atoms with Gasteiger partial charge in [-0.15, -0.1) is 0 Å². The predicted molar refractivity (Wildman–Crippen MR) is 98.7 cm³/mol. The summed E-state index contributed by atoms with van der Waals surface area (Å²) in [5.74, 6) is 0.641. The van der Waals surface area contributed by atoms with Crippen LogP contribution in [-0.2, 0) is 9.59 Å². The standard InChI is InChI=1S/C19H29N3O3/c1-19(2,3)21-18(24)14-7-6-10-22(12-14)13-17(23)20-15-8-5-9-16(11-15)25-4/h5,8-9,11,14H,6-7,10,12-13H2,1-4H3,(H,20,23)(H,21,24). The van der Waals surface area contributed by atoms with Crippen LogP contribution in [0.1, 0.15) is 33.6 Å². The first-order valence-corrected chi connectivity index (χ1v) is 8.75. The normalized spacial score (nSPS) is 18.5. The number of likely N-dealkylation sites (tertiary alicyclic amines) is 1. The van der Waals surface area contributed by atoms with E-state index in [1.165, 1.54) is 0 Å². The van der Waals surface area contributed by atoms with Gasteiger partial charge < -0.3 is 15.4 Å². The zero-order valence-electron chi connectivity index (χ0n) is 15.6. The minimum Gasteiger partial charge on any atom is -0.497 e.